The molecule has 0 aliphatic rings. The molecule has 8 heteroatoms. The first-order chi connectivity index (χ1) is 15.7. The van der Waals surface area contributed by atoms with Crippen LogP contribution >= 0.6 is 11.5 Å². The first-order valence-electron chi connectivity index (χ1n) is 10.2. The first kappa shape index (κ1) is 21.6. The van der Waals surface area contributed by atoms with Crippen molar-refractivity contribution in [2.45, 2.75) is 19.5 Å². The second-order valence-corrected chi connectivity index (χ2v) is 8.01. The average molecular weight is 448 g/mol. The van der Waals surface area contributed by atoms with Crippen LogP contribution in [-0.4, -0.2) is 26.8 Å². The van der Waals surface area contributed by atoms with Crippen LogP contribution in [0.2, 0.25) is 0 Å². The van der Waals surface area contributed by atoms with Crippen LogP contribution in [-0.2, 0) is 24.3 Å². The zero-order valence-electron chi connectivity index (χ0n) is 17.3. The Bertz CT molecular complexity index is 1140. The predicted molar refractivity (Wildman–Crippen MR) is 123 cm³/mol. The number of aromatic nitrogens is 3. The van der Waals surface area contributed by atoms with Crippen molar-refractivity contribution < 1.29 is 9.18 Å². The topological polar surface area (TPSA) is 71.0 Å². The molecule has 4 aromatic rings. The SMILES string of the molecule is O=C(CN(Cc1ccccc1)c1nc(Cc2ccc(F)cc2)ns1)NCc1cccnc1. The number of hydrogen-bond acceptors (Lipinski definition) is 6. The van der Waals surface area contributed by atoms with Crippen LogP contribution in [0, 0.1) is 5.82 Å². The van der Waals surface area contributed by atoms with Crippen molar-refractivity contribution >= 4 is 22.6 Å². The van der Waals surface area contributed by atoms with Gasteiger partial charge in [0.15, 0.2) is 0 Å². The fraction of sp³-hybridized carbons (Fsp3) is 0.167. The number of amides is 1. The Kier molecular flexibility index (Phi) is 7.14. The summed E-state index contributed by atoms with van der Waals surface area (Å²) in [5, 5.41) is 3.61. The number of carbonyl (C=O) groups excluding carboxylic acids is 1. The first-order valence-corrected chi connectivity index (χ1v) is 10.9. The number of carbonyl (C=O) groups is 1. The van der Waals surface area contributed by atoms with E-state index in [1.807, 2.05) is 47.4 Å². The van der Waals surface area contributed by atoms with Gasteiger partial charge >= 0.3 is 0 Å². The maximum absolute atomic E-state index is 13.2. The lowest BCUT2D eigenvalue weighted by Crippen LogP contribution is -2.36. The molecule has 162 valence electrons. The Morgan fingerprint density at radius 3 is 2.50 bits per heavy atom. The molecule has 6 nitrogen and oxygen atoms in total. The van der Waals surface area contributed by atoms with Gasteiger partial charge in [-0.2, -0.15) is 4.37 Å². The molecule has 1 amide bonds. The molecule has 0 saturated heterocycles. The lowest BCUT2D eigenvalue weighted by Gasteiger charge is -2.21. The number of rotatable bonds is 9. The summed E-state index contributed by atoms with van der Waals surface area (Å²) < 4.78 is 17.6. The second-order valence-electron chi connectivity index (χ2n) is 7.28. The van der Waals surface area contributed by atoms with Gasteiger partial charge in [-0.05, 0) is 34.9 Å². The Hall–Kier alpha value is -3.65. The van der Waals surface area contributed by atoms with Gasteiger partial charge in [0.05, 0.1) is 6.54 Å². The van der Waals surface area contributed by atoms with Crippen molar-refractivity contribution in [2.24, 2.45) is 0 Å². The van der Waals surface area contributed by atoms with Gasteiger partial charge in [0.2, 0.25) is 11.0 Å². The summed E-state index contributed by atoms with van der Waals surface area (Å²) >= 11 is 1.26. The maximum atomic E-state index is 13.2. The number of halogens is 1. The number of benzene rings is 2. The highest BCUT2D eigenvalue weighted by Crippen LogP contribution is 2.21. The van der Waals surface area contributed by atoms with Crippen molar-refractivity contribution in [3.8, 4) is 0 Å². The fourth-order valence-corrected chi connectivity index (χ4v) is 3.84. The number of nitrogens with one attached hydrogen (secondary N) is 1. The highest BCUT2D eigenvalue weighted by atomic mass is 32.1. The third-order valence-corrected chi connectivity index (χ3v) is 5.58. The van der Waals surface area contributed by atoms with E-state index in [2.05, 4.69) is 19.7 Å². The average Bonchev–Trinajstić information content (AvgIpc) is 3.29. The highest BCUT2D eigenvalue weighted by molar-refractivity contribution is 7.09. The summed E-state index contributed by atoms with van der Waals surface area (Å²) in [5.74, 6) is 0.262. The van der Waals surface area contributed by atoms with E-state index in [4.69, 9.17) is 0 Å². The molecule has 2 heterocycles. The zero-order valence-corrected chi connectivity index (χ0v) is 18.1. The summed E-state index contributed by atoms with van der Waals surface area (Å²) in [4.78, 5) is 23.3. The molecule has 0 bridgehead atoms. The molecule has 1 N–H and O–H groups in total. The van der Waals surface area contributed by atoms with Crippen LogP contribution < -0.4 is 10.2 Å². The van der Waals surface area contributed by atoms with E-state index in [0.717, 1.165) is 16.7 Å². The molecule has 0 spiro atoms. The van der Waals surface area contributed by atoms with Crippen LogP contribution in [0.15, 0.2) is 79.1 Å². The molecule has 2 aromatic carbocycles. The lowest BCUT2D eigenvalue weighted by molar-refractivity contribution is -0.119. The number of pyridine rings is 1. The lowest BCUT2D eigenvalue weighted by atomic mass is 10.1. The minimum absolute atomic E-state index is 0.111. The Morgan fingerprint density at radius 2 is 1.75 bits per heavy atom. The van der Waals surface area contributed by atoms with Crippen LogP contribution in [0.5, 0.6) is 0 Å². The molecule has 0 unspecified atom stereocenters. The zero-order chi connectivity index (χ0) is 22.2. The quantitative estimate of drug-likeness (QED) is 0.420. The van der Waals surface area contributed by atoms with E-state index >= 15 is 0 Å². The van der Waals surface area contributed by atoms with Crippen LogP contribution in [0.1, 0.15) is 22.5 Å². The van der Waals surface area contributed by atoms with E-state index in [0.29, 0.717) is 30.5 Å². The van der Waals surface area contributed by atoms with Crippen molar-refractivity contribution in [1.29, 1.82) is 0 Å². The van der Waals surface area contributed by atoms with E-state index in [1.54, 1.807) is 24.5 Å². The minimum Gasteiger partial charge on any atom is -0.350 e. The van der Waals surface area contributed by atoms with Gasteiger partial charge in [-0.1, -0.05) is 48.5 Å². The minimum atomic E-state index is -0.271. The monoisotopic (exact) mass is 447 g/mol. The molecular formula is C24H22FN5OS. The molecule has 0 saturated carbocycles. The molecule has 0 aliphatic heterocycles. The van der Waals surface area contributed by atoms with Crippen LogP contribution in [0.3, 0.4) is 0 Å². The van der Waals surface area contributed by atoms with E-state index in [-0.39, 0.29) is 18.3 Å². The summed E-state index contributed by atoms with van der Waals surface area (Å²) in [6.07, 6.45) is 3.93. The molecule has 32 heavy (non-hydrogen) atoms. The summed E-state index contributed by atoms with van der Waals surface area (Å²) in [6.45, 7) is 1.10. The van der Waals surface area contributed by atoms with Gasteiger partial charge in [-0.3, -0.25) is 9.78 Å². The van der Waals surface area contributed by atoms with Crippen LogP contribution in [0.4, 0.5) is 9.52 Å². The molecule has 0 atom stereocenters. The third kappa shape index (κ3) is 6.18. The Labute approximate surface area is 190 Å². The molecule has 2 aromatic heterocycles. The number of anilines is 1. The van der Waals surface area contributed by atoms with E-state index in [9.17, 15) is 9.18 Å². The van der Waals surface area contributed by atoms with Crippen molar-refractivity contribution in [3.63, 3.8) is 0 Å². The van der Waals surface area contributed by atoms with Crippen molar-refractivity contribution in [3.05, 3.63) is 107 Å². The molecule has 0 radical (unpaired) electrons. The van der Waals surface area contributed by atoms with Crippen molar-refractivity contribution in [1.82, 2.24) is 19.7 Å². The molecule has 4 rings (SSSR count). The molecular weight excluding hydrogens is 425 g/mol. The summed E-state index contributed by atoms with van der Waals surface area (Å²) in [7, 11) is 0. The standard InChI is InChI=1S/C24H22FN5OS/c25-21-10-8-18(9-11-21)13-22-28-24(32-29-22)30(16-19-5-2-1-3-6-19)17-23(31)27-15-20-7-4-12-26-14-20/h1-12,14H,13,15-17H2,(H,27,31). The van der Waals surface area contributed by atoms with Crippen molar-refractivity contribution in [2.75, 3.05) is 11.4 Å². The Balaban J connectivity index is 1.45. The normalized spacial score (nSPS) is 10.7. The van der Waals surface area contributed by atoms with Gasteiger partial charge in [-0.15, -0.1) is 0 Å². The van der Waals surface area contributed by atoms with Gasteiger partial charge in [-0.25, -0.2) is 9.37 Å². The fourth-order valence-electron chi connectivity index (χ4n) is 3.16. The maximum Gasteiger partial charge on any atom is 0.239 e. The van der Waals surface area contributed by atoms with Crippen LogP contribution in [0.25, 0.3) is 0 Å². The van der Waals surface area contributed by atoms with Gasteiger partial charge in [0.25, 0.3) is 0 Å². The number of hydrogen-bond donors (Lipinski definition) is 1. The molecule has 0 fully saturated rings. The summed E-state index contributed by atoms with van der Waals surface area (Å²) in [6, 6.07) is 20.0. The second kappa shape index (κ2) is 10.6. The number of nitrogens with zero attached hydrogens (tertiary/aromatic N) is 4. The highest BCUT2D eigenvalue weighted by Gasteiger charge is 2.17. The summed E-state index contributed by atoms with van der Waals surface area (Å²) in [5.41, 5.74) is 2.94. The van der Waals surface area contributed by atoms with Gasteiger partial charge < -0.3 is 10.2 Å². The van der Waals surface area contributed by atoms with E-state index in [1.165, 1.54) is 23.7 Å². The predicted octanol–water partition coefficient (Wildman–Crippen LogP) is 3.99. The smallest absolute Gasteiger partial charge is 0.239 e. The van der Waals surface area contributed by atoms with Gasteiger partial charge in [0.1, 0.15) is 11.6 Å². The third-order valence-electron chi connectivity index (χ3n) is 4.77. The largest absolute Gasteiger partial charge is 0.350 e. The Morgan fingerprint density at radius 1 is 0.969 bits per heavy atom. The molecule has 0 aliphatic carbocycles. The van der Waals surface area contributed by atoms with E-state index < -0.39 is 0 Å². The van der Waals surface area contributed by atoms with Gasteiger partial charge in [0, 0.05) is 43.4 Å².